The van der Waals surface area contributed by atoms with Gasteiger partial charge in [0.2, 0.25) is 10.0 Å². The Kier molecular flexibility index (Phi) is 4.52. The summed E-state index contributed by atoms with van der Waals surface area (Å²) in [5.41, 5.74) is 2.00. The summed E-state index contributed by atoms with van der Waals surface area (Å²) in [7, 11) is -3.36. The van der Waals surface area contributed by atoms with Crippen LogP contribution in [0.2, 0.25) is 5.02 Å². The van der Waals surface area contributed by atoms with Gasteiger partial charge in [0.1, 0.15) is 0 Å². The number of nitrogens with zero attached hydrogens (tertiary/aromatic N) is 1. The Balaban J connectivity index is 1.86. The smallest absolute Gasteiger partial charge is 0.207 e. The van der Waals surface area contributed by atoms with Crippen LogP contribution in [0.15, 0.2) is 53.4 Å². The van der Waals surface area contributed by atoms with E-state index in [9.17, 15) is 8.42 Å². The number of benzene rings is 2. The molecule has 0 radical (unpaired) electrons. The third kappa shape index (κ3) is 3.19. The molecule has 2 aromatic carbocycles. The maximum Gasteiger partial charge on any atom is 0.243 e. The Morgan fingerprint density at radius 1 is 0.773 bits per heavy atom. The van der Waals surface area contributed by atoms with Crippen molar-refractivity contribution in [3.63, 3.8) is 0 Å². The average molecular weight is 336 g/mol. The molecule has 3 nitrogen and oxygen atoms in total. The molecule has 1 saturated heterocycles. The number of piperidine rings is 1. The molecule has 1 heterocycles. The zero-order chi connectivity index (χ0) is 15.6. The van der Waals surface area contributed by atoms with E-state index in [-0.39, 0.29) is 0 Å². The molecule has 1 fully saturated rings. The van der Waals surface area contributed by atoms with Gasteiger partial charge < -0.3 is 0 Å². The molecular weight excluding hydrogens is 318 g/mol. The van der Waals surface area contributed by atoms with Crippen LogP contribution < -0.4 is 0 Å². The van der Waals surface area contributed by atoms with Crippen LogP contribution >= 0.6 is 11.6 Å². The number of rotatable bonds is 3. The average Bonchev–Trinajstić information content (AvgIpc) is 2.56. The van der Waals surface area contributed by atoms with Crippen LogP contribution in [0.1, 0.15) is 19.3 Å². The second-order valence-corrected chi connectivity index (χ2v) is 7.87. The summed E-state index contributed by atoms with van der Waals surface area (Å²) in [6, 6.07) is 14.6. The van der Waals surface area contributed by atoms with Gasteiger partial charge in [-0.3, -0.25) is 0 Å². The summed E-state index contributed by atoms with van der Waals surface area (Å²) in [5, 5.41) is 0.688. The van der Waals surface area contributed by atoms with Crippen molar-refractivity contribution in [1.82, 2.24) is 4.31 Å². The first-order chi connectivity index (χ1) is 10.6. The van der Waals surface area contributed by atoms with Gasteiger partial charge in [-0.15, -0.1) is 0 Å². The normalized spacial score (nSPS) is 16.6. The molecule has 22 heavy (non-hydrogen) atoms. The lowest BCUT2D eigenvalue weighted by molar-refractivity contribution is 0.346. The van der Waals surface area contributed by atoms with Crippen LogP contribution in [0.3, 0.4) is 0 Å². The summed E-state index contributed by atoms with van der Waals surface area (Å²) >= 11 is 5.89. The highest BCUT2D eigenvalue weighted by atomic mass is 35.5. The van der Waals surface area contributed by atoms with E-state index in [0.29, 0.717) is 23.0 Å². The van der Waals surface area contributed by atoms with Crippen molar-refractivity contribution in [2.75, 3.05) is 13.1 Å². The Morgan fingerprint density at radius 3 is 1.82 bits per heavy atom. The van der Waals surface area contributed by atoms with Crippen LogP contribution in [-0.4, -0.2) is 25.8 Å². The first-order valence-corrected chi connectivity index (χ1v) is 9.25. The molecule has 1 aliphatic heterocycles. The number of sulfonamides is 1. The highest BCUT2D eigenvalue weighted by Crippen LogP contribution is 2.25. The molecule has 0 spiro atoms. The van der Waals surface area contributed by atoms with Gasteiger partial charge in [0.05, 0.1) is 4.90 Å². The zero-order valence-corrected chi connectivity index (χ0v) is 13.8. The molecular formula is C17H18ClNO2S. The van der Waals surface area contributed by atoms with Crippen molar-refractivity contribution in [3.8, 4) is 11.1 Å². The molecule has 5 heteroatoms. The van der Waals surface area contributed by atoms with E-state index in [1.165, 1.54) is 0 Å². The van der Waals surface area contributed by atoms with Crippen LogP contribution in [0.4, 0.5) is 0 Å². The predicted molar refractivity (Wildman–Crippen MR) is 89.5 cm³/mol. The van der Waals surface area contributed by atoms with Gasteiger partial charge in [0, 0.05) is 18.1 Å². The lowest BCUT2D eigenvalue weighted by Gasteiger charge is -2.25. The molecule has 0 saturated carbocycles. The van der Waals surface area contributed by atoms with Crippen molar-refractivity contribution in [1.29, 1.82) is 0 Å². The molecule has 1 aliphatic rings. The fraction of sp³-hybridized carbons (Fsp3) is 0.294. The van der Waals surface area contributed by atoms with Gasteiger partial charge in [0.25, 0.3) is 0 Å². The van der Waals surface area contributed by atoms with E-state index < -0.39 is 10.0 Å². The highest BCUT2D eigenvalue weighted by molar-refractivity contribution is 7.89. The quantitative estimate of drug-likeness (QED) is 0.843. The molecule has 116 valence electrons. The zero-order valence-electron chi connectivity index (χ0n) is 12.2. The van der Waals surface area contributed by atoms with Gasteiger partial charge >= 0.3 is 0 Å². The largest absolute Gasteiger partial charge is 0.243 e. The Bertz CT molecular complexity index is 733. The van der Waals surface area contributed by atoms with E-state index in [1.54, 1.807) is 16.4 Å². The first-order valence-electron chi connectivity index (χ1n) is 7.43. The number of halogens is 1. The lowest BCUT2D eigenvalue weighted by atomic mass is 10.1. The topological polar surface area (TPSA) is 37.4 Å². The minimum Gasteiger partial charge on any atom is -0.207 e. The van der Waals surface area contributed by atoms with E-state index in [4.69, 9.17) is 11.6 Å². The van der Waals surface area contributed by atoms with Crippen molar-refractivity contribution >= 4 is 21.6 Å². The Labute approximate surface area is 136 Å². The van der Waals surface area contributed by atoms with Crippen molar-refractivity contribution in [2.24, 2.45) is 0 Å². The highest BCUT2D eigenvalue weighted by Gasteiger charge is 2.25. The summed E-state index contributed by atoms with van der Waals surface area (Å²) in [6.45, 7) is 1.25. The molecule has 0 aromatic heterocycles. The third-order valence-electron chi connectivity index (χ3n) is 3.98. The fourth-order valence-electron chi connectivity index (χ4n) is 2.72. The first kappa shape index (κ1) is 15.5. The van der Waals surface area contributed by atoms with Crippen molar-refractivity contribution in [3.05, 3.63) is 53.6 Å². The van der Waals surface area contributed by atoms with E-state index in [1.807, 2.05) is 36.4 Å². The summed E-state index contributed by atoms with van der Waals surface area (Å²) < 4.78 is 26.8. The molecule has 0 atom stereocenters. The second-order valence-electron chi connectivity index (χ2n) is 5.50. The van der Waals surface area contributed by atoms with E-state index in [0.717, 1.165) is 30.4 Å². The van der Waals surface area contributed by atoms with Gasteiger partial charge in [-0.2, -0.15) is 4.31 Å². The molecule has 2 aromatic rings. The summed E-state index contributed by atoms with van der Waals surface area (Å²) in [5.74, 6) is 0. The van der Waals surface area contributed by atoms with Crippen LogP contribution in [0.25, 0.3) is 11.1 Å². The molecule has 0 amide bonds. The standard InChI is InChI=1S/C17H18ClNO2S/c18-16-8-4-14(5-9-16)15-6-10-17(11-7-15)22(20,21)19-12-2-1-3-13-19/h4-11H,1-3,12-13H2. The molecule has 0 unspecified atom stereocenters. The Hall–Kier alpha value is -1.36. The van der Waals surface area contributed by atoms with Crippen molar-refractivity contribution in [2.45, 2.75) is 24.2 Å². The summed E-state index contributed by atoms with van der Waals surface area (Å²) in [6.07, 6.45) is 3.01. The second kappa shape index (κ2) is 6.41. The van der Waals surface area contributed by atoms with E-state index >= 15 is 0 Å². The minimum atomic E-state index is -3.36. The summed E-state index contributed by atoms with van der Waals surface area (Å²) in [4.78, 5) is 0.368. The van der Waals surface area contributed by atoms with Gasteiger partial charge in [-0.05, 0) is 48.2 Å². The van der Waals surface area contributed by atoms with E-state index in [2.05, 4.69) is 0 Å². The third-order valence-corrected chi connectivity index (χ3v) is 6.15. The van der Waals surface area contributed by atoms with Gasteiger partial charge in [0.15, 0.2) is 0 Å². The SMILES string of the molecule is O=S(=O)(c1ccc(-c2ccc(Cl)cc2)cc1)N1CCCCC1. The molecule has 3 rings (SSSR count). The molecule has 0 aliphatic carbocycles. The minimum absolute atomic E-state index is 0.368. The van der Waals surface area contributed by atoms with Crippen LogP contribution in [-0.2, 0) is 10.0 Å². The number of hydrogen-bond acceptors (Lipinski definition) is 2. The fourth-order valence-corrected chi connectivity index (χ4v) is 4.36. The van der Waals surface area contributed by atoms with Gasteiger partial charge in [-0.1, -0.05) is 42.3 Å². The predicted octanol–water partition coefficient (Wildman–Crippen LogP) is 4.18. The van der Waals surface area contributed by atoms with Crippen molar-refractivity contribution < 1.29 is 8.42 Å². The monoisotopic (exact) mass is 335 g/mol. The number of hydrogen-bond donors (Lipinski definition) is 0. The van der Waals surface area contributed by atoms with Crippen LogP contribution in [0, 0.1) is 0 Å². The Morgan fingerprint density at radius 2 is 1.27 bits per heavy atom. The van der Waals surface area contributed by atoms with Crippen LogP contribution in [0.5, 0.6) is 0 Å². The lowest BCUT2D eigenvalue weighted by Crippen LogP contribution is -2.35. The maximum absolute atomic E-state index is 12.6. The maximum atomic E-state index is 12.6. The van der Waals surface area contributed by atoms with Gasteiger partial charge in [-0.25, -0.2) is 8.42 Å². The molecule has 0 N–H and O–H groups in total. The molecule has 0 bridgehead atoms.